The maximum Gasteiger partial charge on any atom is 0.416 e. The molecule has 2 atom stereocenters. The molecule has 4 rings (SSSR count). The van der Waals surface area contributed by atoms with Gasteiger partial charge < -0.3 is 19.5 Å². The fourth-order valence-corrected chi connectivity index (χ4v) is 4.16. The molecule has 2 aliphatic rings. The second-order valence-electron chi connectivity index (χ2n) is 7.60. The first kappa shape index (κ1) is 21.2. The van der Waals surface area contributed by atoms with Gasteiger partial charge in [0.25, 0.3) is 0 Å². The van der Waals surface area contributed by atoms with Crippen molar-refractivity contribution in [3.8, 4) is 11.1 Å². The van der Waals surface area contributed by atoms with Crippen molar-refractivity contribution in [1.82, 2.24) is 4.90 Å². The lowest BCUT2D eigenvalue weighted by atomic mass is 9.98. The van der Waals surface area contributed by atoms with Crippen LogP contribution >= 0.6 is 0 Å². The molecule has 0 aromatic heterocycles. The Labute approximate surface area is 176 Å². The number of fused-ring (bicyclic) bond motifs is 3. The lowest BCUT2D eigenvalue weighted by Gasteiger charge is -2.37. The van der Waals surface area contributed by atoms with E-state index in [1.165, 1.54) is 0 Å². The van der Waals surface area contributed by atoms with Gasteiger partial charge in [0.05, 0.1) is 25.6 Å². The van der Waals surface area contributed by atoms with Crippen molar-refractivity contribution in [3.05, 3.63) is 59.7 Å². The molecule has 1 aliphatic carbocycles. The van der Waals surface area contributed by atoms with E-state index in [-0.39, 0.29) is 19.1 Å². The molecule has 0 saturated carbocycles. The van der Waals surface area contributed by atoms with Crippen molar-refractivity contribution in [2.75, 3.05) is 19.7 Å². The smallest absolute Gasteiger partial charge is 0.416 e. The first-order valence-corrected chi connectivity index (χ1v) is 9.78. The highest BCUT2D eigenvalue weighted by molar-refractivity contribution is 5.79. The summed E-state index contributed by atoms with van der Waals surface area (Å²) >= 11 is 0. The Morgan fingerprint density at radius 3 is 2.16 bits per heavy atom. The summed E-state index contributed by atoms with van der Waals surface area (Å²) < 4.78 is 49.9. The molecule has 0 spiro atoms. The average Bonchev–Trinajstić information content (AvgIpc) is 3.04. The van der Waals surface area contributed by atoms with Crippen molar-refractivity contribution < 1.29 is 37.3 Å². The predicted molar refractivity (Wildman–Crippen MR) is 104 cm³/mol. The van der Waals surface area contributed by atoms with Gasteiger partial charge in [-0.15, -0.1) is 0 Å². The van der Waals surface area contributed by atoms with Crippen LogP contribution in [0.2, 0.25) is 0 Å². The maximum absolute atomic E-state index is 13.2. The fraction of sp³-hybridized carbons (Fsp3) is 0.364. The third-order valence-electron chi connectivity index (χ3n) is 5.53. The molecule has 1 heterocycles. The lowest BCUT2D eigenvalue weighted by molar-refractivity contribution is -0.251. The summed E-state index contributed by atoms with van der Waals surface area (Å²) in [6, 6.07) is 15.4. The predicted octanol–water partition coefficient (Wildman–Crippen LogP) is 4.04. The zero-order valence-corrected chi connectivity index (χ0v) is 16.3. The molecule has 0 bridgehead atoms. The number of morpholine rings is 1. The molecule has 31 heavy (non-hydrogen) atoms. The standard InChI is InChI=1S/C22H20F3NO5/c23-22(24,25)19-11-26(10-13(31-19)9-20(27)28)21(29)30-12-18-16-7-3-1-5-14(16)15-6-2-4-8-17(15)18/h1-8,13,18-19H,9-12H2,(H,27,28)/t13-,19+/m1/s1. The van der Waals surface area contributed by atoms with Gasteiger partial charge in [-0.3, -0.25) is 4.79 Å². The molecule has 1 amide bonds. The molecule has 164 valence electrons. The largest absolute Gasteiger partial charge is 0.481 e. The topological polar surface area (TPSA) is 76.1 Å². The SMILES string of the molecule is O=C(O)C[C@@H]1CN(C(=O)OCC2c3ccccc3-c3ccccc32)C[C@@H](C(F)(F)F)O1. The summed E-state index contributed by atoms with van der Waals surface area (Å²) in [5, 5.41) is 8.92. The van der Waals surface area contributed by atoms with Crippen molar-refractivity contribution >= 4 is 12.1 Å². The zero-order valence-electron chi connectivity index (χ0n) is 16.3. The van der Waals surface area contributed by atoms with E-state index in [0.29, 0.717) is 0 Å². The molecule has 0 radical (unpaired) electrons. The summed E-state index contributed by atoms with van der Waals surface area (Å²) in [5.41, 5.74) is 4.03. The summed E-state index contributed by atoms with van der Waals surface area (Å²) in [5.74, 6) is -1.54. The summed E-state index contributed by atoms with van der Waals surface area (Å²) in [4.78, 5) is 24.4. The molecular formula is C22H20F3NO5. The quantitative estimate of drug-likeness (QED) is 0.785. The molecule has 1 N–H and O–H groups in total. The van der Waals surface area contributed by atoms with Gasteiger partial charge in [0.15, 0.2) is 6.10 Å². The van der Waals surface area contributed by atoms with Crippen molar-refractivity contribution in [2.45, 2.75) is 30.7 Å². The minimum Gasteiger partial charge on any atom is -0.481 e. The summed E-state index contributed by atoms with van der Waals surface area (Å²) in [6.45, 7) is -1.06. The molecule has 9 heteroatoms. The molecule has 1 aliphatic heterocycles. The molecule has 2 aromatic rings. The van der Waals surface area contributed by atoms with E-state index < -0.39 is 43.4 Å². The van der Waals surface area contributed by atoms with Crippen LogP contribution in [-0.2, 0) is 14.3 Å². The van der Waals surface area contributed by atoms with Crippen LogP contribution in [0.25, 0.3) is 11.1 Å². The Kier molecular flexibility index (Phi) is 5.62. The van der Waals surface area contributed by atoms with Crippen molar-refractivity contribution in [2.24, 2.45) is 0 Å². The number of ether oxygens (including phenoxy) is 2. The first-order chi connectivity index (χ1) is 14.7. The Morgan fingerprint density at radius 2 is 1.61 bits per heavy atom. The zero-order chi connectivity index (χ0) is 22.2. The summed E-state index contributed by atoms with van der Waals surface area (Å²) in [7, 11) is 0. The van der Waals surface area contributed by atoms with Gasteiger partial charge in [-0.1, -0.05) is 48.5 Å². The molecule has 1 fully saturated rings. The fourth-order valence-electron chi connectivity index (χ4n) is 4.16. The lowest BCUT2D eigenvalue weighted by Crippen LogP contribution is -2.55. The van der Waals surface area contributed by atoms with Gasteiger partial charge in [0.1, 0.15) is 6.61 Å². The highest BCUT2D eigenvalue weighted by atomic mass is 19.4. The van der Waals surface area contributed by atoms with E-state index in [2.05, 4.69) is 0 Å². The van der Waals surface area contributed by atoms with E-state index in [1.807, 2.05) is 48.5 Å². The van der Waals surface area contributed by atoms with Gasteiger partial charge >= 0.3 is 18.2 Å². The number of halogens is 3. The number of carbonyl (C=O) groups is 2. The normalized spacial score (nSPS) is 20.8. The van der Waals surface area contributed by atoms with Crippen LogP contribution in [0.4, 0.5) is 18.0 Å². The Balaban J connectivity index is 1.48. The first-order valence-electron chi connectivity index (χ1n) is 9.78. The van der Waals surface area contributed by atoms with Crippen LogP contribution in [-0.4, -0.2) is 60.1 Å². The number of amides is 1. The van der Waals surface area contributed by atoms with Gasteiger partial charge in [-0.05, 0) is 22.3 Å². The number of aliphatic carboxylic acids is 1. The average molecular weight is 435 g/mol. The number of hydrogen-bond acceptors (Lipinski definition) is 4. The van der Waals surface area contributed by atoms with Crippen LogP contribution in [0, 0.1) is 0 Å². The van der Waals surface area contributed by atoms with E-state index in [0.717, 1.165) is 27.2 Å². The van der Waals surface area contributed by atoms with E-state index >= 15 is 0 Å². The number of carboxylic acid groups (broad SMARTS) is 1. The third-order valence-corrected chi connectivity index (χ3v) is 5.53. The molecular weight excluding hydrogens is 415 g/mol. The minimum absolute atomic E-state index is 0.0372. The van der Waals surface area contributed by atoms with Gasteiger partial charge in [0, 0.05) is 5.92 Å². The summed E-state index contributed by atoms with van der Waals surface area (Å²) in [6.07, 6.45) is -9.81. The molecule has 0 unspecified atom stereocenters. The number of benzene rings is 2. The van der Waals surface area contributed by atoms with Crippen molar-refractivity contribution in [3.63, 3.8) is 0 Å². The maximum atomic E-state index is 13.2. The highest BCUT2D eigenvalue weighted by Crippen LogP contribution is 2.44. The van der Waals surface area contributed by atoms with E-state index in [9.17, 15) is 22.8 Å². The monoisotopic (exact) mass is 435 g/mol. The van der Waals surface area contributed by atoms with Gasteiger partial charge in [-0.25, -0.2) is 4.79 Å². The van der Waals surface area contributed by atoms with E-state index in [1.54, 1.807) is 0 Å². The van der Waals surface area contributed by atoms with Crippen LogP contribution < -0.4 is 0 Å². The molecule has 2 aromatic carbocycles. The van der Waals surface area contributed by atoms with Crippen molar-refractivity contribution in [1.29, 1.82) is 0 Å². The second-order valence-corrected chi connectivity index (χ2v) is 7.60. The number of nitrogens with zero attached hydrogens (tertiary/aromatic N) is 1. The van der Waals surface area contributed by atoms with Gasteiger partial charge in [-0.2, -0.15) is 13.2 Å². The molecule has 1 saturated heterocycles. The van der Waals surface area contributed by atoms with Crippen LogP contribution in [0.3, 0.4) is 0 Å². The number of carbonyl (C=O) groups excluding carboxylic acids is 1. The van der Waals surface area contributed by atoms with Gasteiger partial charge in [0.2, 0.25) is 0 Å². The number of rotatable bonds is 4. The van der Waals surface area contributed by atoms with E-state index in [4.69, 9.17) is 14.6 Å². The number of carboxylic acids is 1. The minimum atomic E-state index is -4.72. The Hall–Kier alpha value is -3.07. The Morgan fingerprint density at radius 1 is 1.03 bits per heavy atom. The third kappa shape index (κ3) is 4.36. The Bertz CT molecular complexity index is 948. The highest BCUT2D eigenvalue weighted by Gasteiger charge is 2.47. The van der Waals surface area contributed by atoms with Crippen LogP contribution in [0.15, 0.2) is 48.5 Å². The number of hydrogen-bond donors (Lipinski definition) is 1. The van der Waals surface area contributed by atoms with Crippen LogP contribution in [0.1, 0.15) is 23.5 Å². The second kappa shape index (κ2) is 8.22. The van der Waals surface area contributed by atoms with Crippen LogP contribution in [0.5, 0.6) is 0 Å². The number of alkyl halides is 3. The molecule has 6 nitrogen and oxygen atoms in total.